The summed E-state index contributed by atoms with van der Waals surface area (Å²) < 4.78 is 8.56. The van der Waals surface area contributed by atoms with Crippen molar-refractivity contribution in [2.24, 2.45) is 0 Å². The maximum Gasteiger partial charge on any atom is 0.410 e. The summed E-state index contributed by atoms with van der Waals surface area (Å²) in [6.07, 6.45) is 5.82. The summed E-state index contributed by atoms with van der Waals surface area (Å²) in [7, 11) is 0. The minimum Gasteiger partial charge on any atom is -0.444 e. The number of carbonyl (C=O) groups excluding carboxylic acids is 1. The van der Waals surface area contributed by atoms with Gasteiger partial charge in [-0.3, -0.25) is 4.68 Å². The van der Waals surface area contributed by atoms with Gasteiger partial charge in [0.2, 0.25) is 0 Å². The zero-order valence-corrected chi connectivity index (χ0v) is 17.5. The third kappa shape index (κ3) is 3.33. The Labute approximate surface area is 166 Å². The molecule has 3 heterocycles. The second kappa shape index (κ2) is 6.41. The van der Waals surface area contributed by atoms with Crippen LogP contribution >= 0.6 is 27.5 Å². The highest BCUT2D eigenvalue weighted by atomic mass is 79.9. The molecule has 1 amide bonds. The highest BCUT2D eigenvalue weighted by Gasteiger charge is 2.45. The first-order valence-corrected chi connectivity index (χ1v) is 10.2. The van der Waals surface area contributed by atoms with Crippen molar-refractivity contribution in [1.82, 2.24) is 14.7 Å². The van der Waals surface area contributed by atoms with E-state index in [1.807, 2.05) is 37.8 Å². The van der Waals surface area contributed by atoms with Gasteiger partial charge in [0.15, 0.2) is 0 Å². The van der Waals surface area contributed by atoms with Crippen molar-refractivity contribution >= 4 is 44.5 Å². The van der Waals surface area contributed by atoms with E-state index in [1.54, 1.807) is 0 Å². The molecule has 2 aliphatic heterocycles. The average Bonchev–Trinajstić information content (AvgIpc) is 3.04. The van der Waals surface area contributed by atoms with Gasteiger partial charge in [-0.1, -0.05) is 11.6 Å². The lowest BCUT2D eigenvalue weighted by atomic mass is 9.98. The van der Waals surface area contributed by atoms with Crippen LogP contribution in [0.4, 0.5) is 4.79 Å². The van der Waals surface area contributed by atoms with Crippen molar-refractivity contribution in [3.8, 4) is 0 Å². The number of rotatable bonds is 1. The van der Waals surface area contributed by atoms with Crippen LogP contribution in [-0.2, 0) is 4.74 Å². The largest absolute Gasteiger partial charge is 0.444 e. The smallest absolute Gasteiger partial charge is 0.410 e. The summed E-state index contributed by atoms with van der Waals surface area (Å²) in [5.41, 5.74) is 0.444. The van der Waals surface area contributed by atoms with Crippen molar-refractivity contribution in [1.29, 1.82) is 0 Å². The number of halogens is 2. The average molecular weight is 441 g/mol. The number of nitrogens with zero attached hydrogens (tertiary/aromatic N) is 3. The number of amides is 1. The highest BCUT2D eigenvalue weighted by molar-refractivity contribution is 9.10. The molecule has 0 spiro atoms. The molecule has 4 rings (SSSR count). The molecule has 5 nitrogen and oxygen atoms in total. The van der Waals surface area contributed by atoms with E-state index in [2.05, 4.69) is 26.8 Å². The van der Waals surface area contributed by atoms with E-state index in [4.69, 9.17) is 21.4 Å². The molecule has 2 saturated heterocycles. The summed E-state index contributed by atoms with van der Waals surface area (Å²) in [5.74, 6) is 0. The number of ether oxygens (including phenoxy) is 1. The van der Waals surface area contributed by atoms with Gasteiger partial charge in [0.1, 0.15) is 5.60 Å². The Morgan fingerprint density at radius 2 is 1.88 bits per heavy atom. The normalized spacial score (nSPS) is 25.7. The predicted octanol–water partition coefficient (Wildman–Crippen LogP) is 5.56. The van der Waals surface area contributed by atoms with E-state index in [-0.39, 0.29) is 18.2 Å². The van der Waals surface area contributed by atoms with E-state index in [1.165, 1.54) is 0 Å². The molecule has 1 unspecified atom stereocenters. The van der Waals surface area contributed by atoms with Crippen LogP contribution in [0.2, 0.25) is 5.02 Å². The molecule has 26 heavy (non-hydrogen) atoms. The first-order valence-electron chi connectivity index (χ1n) is 9.06. The Balaban J connectivity index is 1.55. The Kier molecular flexibility index (Phi) is 4.47. The van der Waals surface area contributed by atoms with Gasteiger partial charge in [0.25, 0.3) is 0 Å². The molecule has 2 aromatic rings. The lowest BCUT2D eigenvalue weighted by Gasteiger charge is -2.39. The van der Waals surface area contributed by atoms with E-state index in [0.717, 1.165) is 41.1 Å². The second-order valence-corrected chi connectivity index (χ2v) is 9.59. The van der Waals surface area contributed by atoms with Crippen molar-refractivity contribution < 1.29 is 9.53 Å². The molecular formula is C19H23BrClN3O2. The number of fused-ring (bicyclic) bond motifs is 3. The maximum absolute atomic E-state index is 12.6. The van der Waals surface area contributed by atoms with E-state index < -0.39 is 5.60 Å². The molecule has 1 aromatic carbocycles. The molecule has 0 aliphatic carbocycles. The van der Waals surface area contributed by atoms with Gasteiger partial charge >= 0.3 is 6.09 Å². The molecule has 3 atom stereocenters. The van der Waals surface area contributed by atoms with Crippen LogP contribution in [-0.4, -0.2) is 38.5 Å². The molecule has 2 aliphatic rings. The standard InChI is InChI=1S/C19H23BrClN3O2/c1-19(2,3)26-18(25)24-12-4-5-13(24)8-14(7-12)23-10-11-6-15(20)16(21)9-17(11)22-23/h6,9-10,12-14H,4-5,7-8H2,1-3H3/t12-,13+,14?. The second-order valence-electron chi connectivity index (χ2n) is 8.33. The van der Waals surface area contributed by atoms with Gasteiger partial charge in [-0.05, 0) is 74.5 Å². The quantitative estimate of drug-likeness (QED) is 0.583. The molecule has 140 valence electrons. The van der Waals surface area contributed by atoms with E-state index in [9.17, 15) is 4.79 Å². The minimum absolute atomic E-state index is 0.176. The number of hydrogen-bond acceptors (Lipinski definition) is 3. The van der Waals surface area contributed by atoms with Crippen LogP contribution in [0.3, 0.4) is 0 Å². The third-order valence-corrected chi connectivity index (χ3v) is 6.45. The Morgan fingerprint density at radius 3 is 2.50 bits per heavy atom. The summed E-state index contributed by atoms with van der Waals surface area (Å²) in [6.45, 7) is 5.74. The lowest BCUT2D eigenvalue weighted by Crippen LogP contribution is -2.48. The molecule has 2 bridgehead atoms. The fraction of sp³-hybridized carbons (Fsp3) is 0.579. The van der Waals surface area contributed by atoms with Gasteiger partial charge in [-0.15, -0.1) is 0 Å². The molecular weight excluding hydrogens is 418 g/mol. The fourth-order valence-corrected chi connectivity index (χ4v) is 4.72. The SMILES string of the molecule is CC(C)(C)OC(=O)N1[C@@H]2CC[C@H]1CC(n1cc3cc(Br)c(Cl)cc3n1)C2. The van der Waals surface area contributed by atoms with Crippen LogP contribution in [0, 0.1) is 0 Å². The van der Waals surface area contributed by atoms with Crippen LogP contribution in [0.25, 0.3) is 10.9 Å². The van der Waals surface area contributed by atoms with Crippen LogP contribution in [0.15, 0.2) is 22.8 Å². The van der Waals surface area contributed by atoms with Gasteiger partial charge < -0.3 is 9.64 Å². The van der Waals surface area contributed by atoms with Crippen LogP contribution in [0.1, 0.15) is 52.5 Å². The van der Waals surface area contributed by atoms with Crippen LogP contribution < -0.4 is 0 Å². The third-order valence-electron chi connectivity index (χ3n) is 5.25. The zero-order chi connectivity index (χ0) is 18.6. The first kappa shape index (κ1) is 18.1. The lowest BCUT2D eigenvalue weighted by molar-refractivity contribution is 0.00235. The Morgan fingerprint density at radius 1 is 1.23 bits per heavy atom. The minimum atomic E-state index is -0.459. The van der Waals surface area contributed by atoms with Gasteiger partial charge in [-0.2, -0.15) is 5.10 Å². The van der Waals surface area contributed by atoms with Gasteiger partial charge in [0.05, 0.1) is 16.6 Å². The molecule has 2 fully saturated rings. The number of piperidine rings is 1. The molecule has 0 radical (unpaired) electrons. The van der Waals surface area contributed by atoms with Crippen molar-refractivity contribution in [2.75, 3.05) is 0 Å². The Hall–Kier alpha value is -1.27. The highest BCUT2D eigenvalue weighted by Crippen LogP contribution is 2.42. The molecule has 0 saturated carbocycles. The zero-order valence-electron chi connectivity index (χ0n) is 15.2. The molecule has 1 aromatic heterocycles. The van der Waals surface area contributed by atoms with E-state index >= 15 is 0 Å². The predicted molar refractivity (Wildman–Crippen MR) is 106 cm³/mol. The topological polar surface area (TPSA) is 47.4 Å². The molecule has 7 heteroatoms. The van der Waals surface area contributed by atoms with Gasteiger partial charge in [0, 0.05) is 28.1 Å². The maximum atomic E-state index is 12.6. The summed E-state index contributed by atoms with van der Waals surface area (Å²) >= 11 is 9.66. The number of hydrogen-bond donors (Lipinski definition) is 0. The van der Waals surface area contributed by atoms with Crippen LogP contribution in [0.5, 0.6) is 0 Å². The number of aromatic nitrogens is 2. The van der Waals surface area contributed by atoms with Crippen molar-refractivity contribution in [3.63, 3.8) is 0 Å². The van der Waals surface area contributed by atoms with E-state index in [0.29, 0.717) is 11.1 Å². The fourth-order valence-electron chi connectivity index (χ4n) is 4.20. The number of carbonyl (C=O) groups is 1. The summed E-state index contributed by atoms with van der Waals surface area (Å²) in [4.78, 5) is 14.6. The summed E-state index contributed by atoms with van der Waals surface area (Å²) in [5, 5.41) is 6.48. The van der Waals surface area contributed by atoms with Crippen molar-refractivity contribution in [3.05, 3.63) is 27.8 Å². The first-order chi connectivity index (χ1) is 12.2. The Bertz CT molecular complexity index is 807. The summed E-state index contributed by atoms with van der Waals surface area (Å²) in [6, 6.07) is 4.66. The van der Waals surface area contributed by atoms with Gasteiger partial charge in [-0.25, -0.2) is 4.79 Å². The van der Waals surface area contributed by atoms with Crippen molar-refractivity contribution in [2.45, 2.75) is 70.2 Å². The monoisotopic (exact) mass is 439 g/mol. The molecule has 0 N–H and O–H groups in total. The number of benzene rings is 1.